The van der Waals surface area contributed by atoms with Crippen molar-refractivity contribution in [1.82, 2.24) is 5.32 Å². The number of methoxy groups -OCH3 is 1. The van der Waals surface area contributed by atoms with E-state index in [4.69, 9.17) is 5.11 Å². The minimum absolute atomic E-state index is 0.0301. The molecule has 27 heavy (non-hydrogen) atoms. The van der Waals surface area contributed by atoms with Gasteiger partial charge in [0.05, 0.1) is 18.2 Å². The fraction of sp³-hybridized carbons (Fsp3) is 0.158. The maximum atomic E-state index is 12.4. The molecule has 1 atom stereocenters. The molecule has 0 heterocycles. The Hall–Kier alpha value is -3.68. The number of benzene rings is 2. The third-order valence-electron chi connectivity index (χ3n) is 3.79. The van der Waals surface area contributed by atoms with E-state index >= 15 is 0 Å². The van der Waals surface area contributed by atoms with Gasteiger partial charge in [-0.05, 0) is 35.9 Å². The van der Waals surface area contributed by atoms with Crippen LogP contribution in [0.1, 0.15) is 36.6 Å². The topological polar surface area (TPSA) is 130 Å². The molecule has 0 radical (unpaired) electrons. The second-order valence-electron chi connectivity index (χ2n) is 5.64. The zero-order chi connectivity index (χ0) is 20.0. The lowest BCUT2D eigenvalue weighted by atomic mass is 10.0. The van der Waals surface area contributed by atoms with Crippen molar-refractivity contribution in [3.63, 3.8) is 0 Å². The van der Waals surface area contributed by atoms with Gasteiger partial charge < -0.3 is 20.3 Å². The van der Waals surface area contributed by atoms with E-state index in [2.05, 4.69) is 10.1 Å². The summed E-state index contributed by atoms with van der Waals surface area (Å²) in [6.07, 6.45) is -0.0301. The first-order valence-electron chi connectivity index (χ1n) is 7.86. The summed E-state index contributed by atoms with van der Waals surface area (Å²) < 4.78 is 4.59. The van der Waals surface area contributed by atoms with E-state index < -0.39 is 29.9 Å². The Morgan fingerprint density at radius 2 is 1.59 bits per heavy atom. The number of aliphatic carboxylic acids is 1. The number of hydrogen-bond donors (Lipinski definition) is 3. The first-order valence-corrected chi connectivity index (χ1v) is 7.86. The van der Waals surface area contributed by atoms with Gasteiger partial charge in [0.2, 0.25) is 0 Å². The number of carbonyl (C=O) groups is 4. The molecule has 1 amide bonds. The Labute approximate surface area is 154 Å². The molecule has 0 unspecified atom stereocenters. The second-order valence-corrected chi connectivity index (χ2v) is 5.64. The number of nitrogens with one attached hydrogen (secondary N) is 1. The molecule has 2 aromatic rings. The first-order chi connectivity index (χ1) is 12.8. The highest BCUT2D eigenvalue weighted by Crippen LogP contribution is 2.10. The Bertz CT molecular complexity index is 874. The Morgan fingerprint density at radius 1 is 0.963 bits per heavy atom. The molecule has 0 aliphatic rings. The van der Waals surface area contributed by atoms with Gasteiger partial charge in [-0.3, -0.25) is 4.79 Å². The summed E-state index contributed by atoms with van der Waals surface area (Å²) in [5, 5.41) is 20.7. The standard InChI is InChI=1S/C19H17NO7/c1-27-19(26)14-4-2-3-13(10-14)16(21)20-15(18(24)25)9-11-5-7-12(8-6-11)17(22)23/h2-8,10,15H,9H2,1H3,(H,20,21)(H,22,23)(H,24,25)/t15-/m0/s1. The number of aromatic carboxylic acids is 1. The predicted octanol–water partition coefficient (Wildman–Crippen LogP) is 1.60. The van der Waals surface area contributed by atoms with E-state index in [9.17, 15) is 24.3 Å². The summed E-state index contributed by atoms with van der Waals surface area (Å²) in [7, 11) is 1.21. The smallest absolute Gasteiger partial charge is 0.337 e. The lowest BCUT2D eigenvalue weighted by Crippen LogP contribution is -2.42. The van der Waals surface area contributed by atoms with Crippen LogP contribution in [0.5, 0.6) is 0 Å². The van der Waals surface area contributed by atoms with Gasteiger partial charge in [0.25, 0.3) is 5.91 Å². The minimum Gasteiger partial charge on any atom is -0.480 e. The second kappa shape index (κ2) is 8.61. The van der Waals surface area contributed by atoms with Crippen molar-refractivity contribution in [2.45, 2.75) is 12.5 Å². The summed E-state index contributed by atoms with van der Waals surface area (Å²) in [4.78, 5) is 46.2. The molecule has 0 spiro atoms. The normalized spacial score (nSPS) is 11.3. The van der Waals surface area contributed by atoms with Crippen molar-refractivity contribution in [3.8, 4) is 0 Å². The van der Waals surface area contributed by atoms with E-state index in [0.29, 0.717) is 5.56 Å². The number of rotatable bonds is 7. The number of carbonyl (C=O) groups excluding carboxylic acids is 2. The molecule has 140 valence electrons. The van der Waals surface area contributed by atoms with Gasteiger partial charge in [-0.15, -0.1) is 0 Å². The van der Waals surface area contributed by atoms with Gasteiger partial charge >= 0.3 is 17.9 Å². The molecule has 8 heteroatoms. The Morgan fingerprint density at radius 3 is 2.15 bits per heavy atom. The summed E-state index contributed by atoms with van der Waals surface area (Å²) in [5.41, 5.74) is 0.914. The molecule has 2 aromatic carbocycles. The fourth-order valence-corrected chi connectivity index (χ4v) is 2.37. The monoisotopic (exact) mass is 371 g/mol. The van der Waals surface area contributed by atoms with E-state index in [1.807, 2.05) is 0 Å². The van der Waals surface area contributed by atoms with Gasteiger partial charge in [0.1, 0.15) is 6.04 Å². The van der Waals surface area contributed by atoms with Crippen LogP contribution in [0.4, 0.5) is 0 Å². The van der Waals surface area contributed by atoms with Crippen LogP contribution in [-0.2, 0) is 16.0 Å². The number of esters is 1. The third kappa shape index (κ3) is 5.15. The van der Waals surface area contributed by atoms with Crippen LogP contribution < -0.4 is 5.32 Å². The highest BCUT2D eigenvalue weighted by Gasteiger charge is 2.22. The molecule has 0 aliphatic carbocycles. The van der Waals surface area contributed by atoms with Crippen LogP contribution in [0, 0.1) is 0 Å². The SMILES string of the molecule is COC(=O)c1cccc(C(=O)N[C@@H](Cc2ccc(C(=O)O)cc2)C(=O)O)c1. The van der Waals surface area contributed by atoms with Gasteiger partial charge in [0.15, 0.2) is 0 Å². The maximum absolute atomic E-state index is 12.4. The zero-order valence-corrected chi connectivity index (χ0v) is 14.3. The highest BCUT2D eigenvalue weighted by atomic mass is 16.5. The quantitative estimate of drug-likeness (QED) is 0.630. The summed E-state index contributed by atoms with van der Waals surface area (Å²) >= 11 is 0. The van der Waals surface area contributed by atoms with E-state index in [1.54, 1.807) is 0 Å². The highest BCUT2D eigenvalue weighted by molar-refractivity contribution is 5.99. The van der Waals surface area contributed by atoms with Gasteiger partial charge in [-0.1, -0.05) is 18.2 Å². The molecule has 8 nitrogen and oxygen atoms in total. The Kier molecular flexibility index (Phi) is 6.27. The van der Waals surface area contributed by atoms with Gasteiger partial charge in [-0.25, -0.2) is 14.4 Å². The lowest BCUT2D eigenvalue weighted by molar-refractivity contribution is -0.139. The predicted molar refractivity (Wildman–Crippen MR) is 93.8 cm³/mol. The van der Waals surface area contributed by atoms with Crippen LogP contribution >= 0.6 is 0 Å². The zero-order valence-electron chi connectivity index (χ0n) is 14.3. The summed E-state index contributed by atoms with van der Waals surface area (Å²) in [6, 6.07) is 10.2. The molecule has 0 saturated heterocycles. The number of carboxylic acids is 2. The average molecular weight is 371 g/mol. The van der Waals surface area contributed by atoms with E-state index in [-0.39, 0.29) is 23.1 Å². The minimum atomic E-state index is -1.24. The van der Waals surface area contributed by atoms with Crippen LogP contribution in [0.25, 0.3) is 0 Å². The van der Waals surface area contributed by atoms with Crippen molar-refractivity contribution >= 4 is 23.8 Å². The Balaban J connectivity index is 2.13. The molecule has 0 fully saturated rings. The van der Waals surface area contributed by atoms with Crippen molar-refractivity contribution in [2.24, 2.45) is 0 Å². The molecule has 0 aromatic heterocycles. The average Bonchev–Trinajstić information content (AvgIpc) is 2.67. The first kappa shape index (κ1) is 19.6. The summed E-state index contributed by atoms with van der Waals surface area (Å²) in [5.74, 6) is -3.60. The molecule has 0 saturated carbocycles. The van der Waals surface area contributed by atoms with Gasteiger partial charge in [-0.2, -0.15) is 0 Å². The fourth-order valence-electron chi connectivity index (χ4n) is 2.37. The largest absolute Gasteiger partial charge is 0.480 e. The third-order valence-corrected chi connectivity index (χ3v) is 3.79. The van der Waals surface area contributed by atoms with Crippen molar-refractivity contribution in [3.05, 3.63) is 70.8 Å². The van der Waals surface area contributed by atoms with Crippen LogP contribution in [-0.4, -0.2) is 47.2 Å². The van der Waals surface area contributed by atoms with E-state index in [1.165, 1.54) is 55.6 Å². The maximum Gasteiger partial charge on any atom is 0.337 e. The van der Waals surface area contributed by atoms with Crippen molar-refractivity contribution in [1.29, 1.82) is 0 Å². The molecular weight excluding hydrogens is 354 g/mol. The molecule has 0 aliphatic heterocycles. The number of carboxylic acid groups (broad SMARTS) is 2. The molecule has 0 bridgehead atoms. The van der Waals surface area contributed by atoms with Crippen LogP contribution in [0.3, 0.4) is 0 Å². The molecule has 3 N–H and O–H groups in total. The number of hydrogen-bond acceptors (Lipinski definition) is 5. The molecule has 2 rings (SSSR count). The summed E-state index contributed by atoms with van der Waals surface area (Å²) in [6.45, 7) is 0. The van der Waals surface area contributed by atoms with Gasteiger partial charge in [0, 0.05) is 12.0 Å². The van der Waals surface area contributed by atoms with Crippen LogP contribution in [0.2, 0.25) is 0 Å². The van der Waals surface area contributed by atoms with Crippen molar-refractivity contribution < 1.29 is 34.1 Å². The molecular formula is C19H17NO7. The van der Waals surface area contributed by atoms with Crippen molar-refractivity contribution in [2.75, 3.05) is 7.11 Å². The number of amides is 1. The lowest BCUT2D eigenvalue weighted by Gasteiger charge is -2.15. The van der Waals surface area contributed by atoms with E-state index in [0.717, 1.165) is 0 Å². The number of ether oxygens (including phenoxy) is 1. The van der Waals surface area contributed by atoms with Crippen LogP contribution in [0.15, 0.2) is 48.5 Å².